The van der Waals surface area contributed by atoms with E-state index in [0.717, 1.165) is 18.6 Å². The highest BCUT2D eigenvalue weighted by molar-refractivity contribution is 6.07. The minimum absolute atomic E-state index is 0.109. The number of hydrogen-bond donors (Lipinski definition) is 1. The van der Waals surface area contributed by atoms with Gasteiger partial charge in [-0.15, -0.1) is 0 Å². The molecule has 0 radical (unpaired) electrons. The zero-order valence-corrected chi connectivity index (χ0v) is 7.88. The molecule has 1 unspecified atom stereocenters. The van der Waals surface area contributed by atoms with Crippen LogP contribution in [0.1, 0.15) is 44.9 Å². The van der Waals surface area contributed by atoms with Gasteiger partial charge in [-0.3, -0.25) is 4.79 Å². The molecule has 3 nitrogen and oxygen atoms in total. The fourth-order valence-electron chi connectivity index (χ4n) is 2.15. The summed E-state index contributed by atoms with van der Waals surface area (Å²) >= 11 is 0. The molecule has 1 fully saturated rings. The molecule has 0 aromatic carbocycles. The van der Waals surface area contributed by atoms with Crippen LogP contribution in [0.4, 0.5) is 0 Å². The second-order valence-corrected chi connectivity index (χ2v) is 3.94. The van der Waals surface area contributed by atoms with Crippen molar-refractivity contribution >= 4 is 11.6 Å². The highest BCUT2D eigenvalue weighted by atomic mass is 16.2. The van der Waals surface area contributed by atoms with Gasteiger partial charge >= 0.3 is 0 Å². The van der Waals surface area contributed by atoms with E-state index in [0.29, 0.717) is 0 Å². The molecular weight excluding hydrogens is 164 g/mol. The standard InChI is InChI=1S/C10H16N2O/c13-10-8-6-4-2-1-3-5-7-9(8)11-12-10/h8H,1-7H2,(H,12,13). The van der Waals surface area contributed by atoms with Gasteiger partial charge in [0.2, 0.25) is 5.91 Å². The van der Waals surface area contributed by atoms with Crippen molar-refractivity contribution in [1.82, 2.24) is 5.43 Å². The number of nitrogens with one attached hydrogen (secondary N) is 1. The summed E-state index contributed by atoms with van der Waals surface area (Å²) in [6, 6.07) is 0. The zero-order valence-electron chi connectivity index (χ0n) is 7.88. The Balaban J connectivity index is 2.04. The molecule has 1 aliphatic heterocycles. The first-order chi connectivity index (χ1) is 6.38. The number of carbonyl (C=O) groups is 1. The maximum Gasteiger partial charge on any atom is 0.248 e. The van der Waals surface area contributed by atoms with Crippen molar-refractivity contribution in [3.8, 4) is 0 Å². The summed E-state index contributed by atoms with van der Waals surface area (Å²) < 4.78 is 0. The average Bonchev–Trinajstić information content (AvgIpc) is 2.51. The van der Waals surface area contributed by atoms with Crippen LogP contribution in [-0.2, 0) is 4.79 Å². The molecule has 2 rings (SSSR count). The summed E-state index contributed by atoms with van der Waals surface area (Å²) in [4.78, 5) is 11.4. The van der Waals surface area contributed by atoms with Crippen molar-refractivity contribution in [2.75, 3.05) is 0 Å². The molecule has 0 saturated heterocycles. The molecule has 13 heavy (non-hydrogen) atoms. The van der Waals surface area contributed by atoms with Gasteiger partial charge in [0.05, 0.1) is 11.6 Å². The molecule has 1 aliphatic carbocycles. The molecule has 72 valence electrons. The Hall–Kier alpha value is -0.860. The SMILES string of the molecule is O=C1NN=C2CCCCCCCC12. The number of nitrogens with zero attached hydrogens (tertiary/aromatic N) is 1. The van der Waals surface area contributed by atoms with E-state index in [1.807, 2.05) is 0 Å². The maximum absolute atomic E-state index is 11.4. The van der Waals surface area contributed by atoms with Gasteiger partial charge in [-0.05, 0) is 19.3 Å². The average molecular weight is 180 g/mol. The Morgan fingerprint density at radius 1 is 1.15 bits per heavy atom. The minimum Gasteiger partial charge on any atom is -0.272 e. The van der Waals surface area contributed by atoms with Gasteiger partial charge in [0.25, 0.3) is 0 Å². The molecule has 0 spiro atoms. The van der Waals surface area contributed by atoms with Crippen molar-refractivity contribution in [3.63, 3.8) is 0 Å². The normalized spacial score (nSPS) is 29.4. The van der Waals surface area contributed by atoms with Crippen LogP contribution in [0.25, 0.3) is 0 Å². The van der Waals surface area contributed by atoms with E-state index in [2.05, 4.69) is 10.5 Å². The smallest absolute Gasteiger partial charge is 0.248 e. The van der Waals surface area contributed by atoms with E-state index in [1.54, 1.807) is 0 Å². The van der Waals surface area contributed by atoms with Crippen LogP contribution in [-0.4, -0.2) is 11.6 Å². The third-order valence-corrected chi connectivity index (χ3v) is 2.95. The lowest BCUT2D eigenvalue weighted by Gasteiger charge is -2.06. The summed E-state index contributed by atoms with van der Waals surface area (Å²) in [6.45, 7) is 0. The summed E-state index contributed by atoms with van der Waals surface area (Å²) in [6.07, 6.45) is 8.29. The highest BCUT2D eigenvalue weighted by Gasteiger charge is 2.28. The summed E-state index contributed by atoms with van der Waals surface area (Å²) in [5.74, 6) is 0.231. The Morgan fingerprint density at radius 3 is 2.85 bits per heavy atom. The van der Waals surface area contributed by atoms with Gasteiger partial charge in [0, 0.05) is 0 Å². The Bertz CT molecular complexity index is 235. The molecule has 0 bridgehead atoms. The largest absolute Gasteiger partial charge is 0.272 e. The van der Waals surface area contributed by atoms with Crippen LogP contribution >= 0.6 is 0 Å². The van der Waals surface area contributed by atoms with E-state index in [4.69, 9.17) is 0 Å². The van der Waals surface area contributed by atoms with Crippen LogP contribution in [0.2, 0.25) is 0 Å². The monoisotopic (exact) mass is 180 g/mol. The zero-order chi connectivity index (χ0) is 9.10. The third-order valence-electron chi connectivity index (χ3n) is 2.95. The lowest BCUT2D eigenvalue weighted by molar-refractivity contribution is -0.122. The minimum atomic E-state index is 0.109. The summed E-state index contributed by atoms with van der Waals surface area (Å²) in [7, 11) is 0. The molecule has 3 heteroatoms. The quantitative estimate of drug-likeness (QED) is 0.607. The van der Waals surface area contributed by atoms with Crippen LogP contribution in [0.5, 0.6) is 0 Å². The maximum atomic E-state index is 11.4. The molecule has 1 amide bonds. The van der Waals surface area contributed by atoms with Crippen molar-refractivity contribution in [1.29, 1.82) is 0 Å². The molecule has 0 aromatic heterocycles. The molecule has 0 aromatic rings. The lowest BCUT2D eigenvalue weighted by Crippen LogP contribution is -2.22. The van der Waals surface area contributed by atoms with Crippen LogP contribution in [0.3, 0.4) is 0 Å². The van der Waals surface area contributed by atoms with Gasteiger partial charge in [-0.2, -0.15) is 5.10 Å². The van der Waals surface area contributed by atoms with E-state index >= 15 is 0 Å². The molecule has 2 aliphatic rings. The summed E-state index contributed by atoms with van der Waals surface area (Å²) in [5, 5.41) is 4.10. The fourth-order valence-corrected chi connectivity index (χ4v) is 2.15. The number of rotatable bonds is 0. The second-order valence-electron chi connectivity index (χ2n) is 3.94. The fraction of sp³-hybridized carbons (Fsp3) is 0.800. The number of carbonyl (C=O) groups excluding carboxylic acids is 1. The van der Waals surface area contributed by atoms with Crippen LogP contribution < -0.4 is 5.43 Å². The molecule has 1 saturated carbocycles. The first-order valence-corrected chi connectivity index (χ1v) is 5.24. The predicted molar refractivity (Wildman–Crippen MR) is 51.4 cm³/mol. The van der Waals surface area contributed by atoms with Gasteiger partial charge in [-0.1, -0.05) is 25.7 Å². The Labute approximate surface area is 78.6 Å². The molecular formula is C10H16N2O. The second kappa shape index (κ2) is 3.90. The lowest BCUT2D eigenvalue weighted by atomic mass is 9.95. The number of amides is 1. The van der Waals surface area contributed by atoms with Crippen molar-refractivity contribution in [3.05, 3.63) is 0 Å². The van der Waals surface area contributed by atoms with Gasteiger partial charge in [0.1, 0.15) is 0 Å². The highest BCUT2D eigenvalue weighted by Crippen LogP contribution is 2.22. The Morgan fingerprint density at radius 2 is 1.92 bits per heavy atom. The van der Waals surface area contributed by atoms with Crippen LogP contribution in [0, 0.1) is 5.92 Å². The summed E-state index contributed by atoms with van der Waals surface area (Å²) in [5.41, 5.74) is 3.69. The van der Waals surface area contributed by atoms with Crippen molar-refractivity contribution < 1.29 is 4.79 Å². The van der Waals surface area contributed by atoms with E-state index in [-0.39, 0.29) is 11.8 Å². The van der Waals surface area contributed by atoms with Crippen molar-refractivity contribution in [2.24, 2.45) is 11.0 Å². The molecule has 1 heterocycles. The first-order valence-electron chi connectivity index (χ1n) is 5.24. The Kier molecular flexibility index (Phi) is 2.62. The van der Waals surface area contributed by atoms with E-state index < -0.39 is 0 Å². The topological polar surface area (TPSA) is 41.5 Å². The van der Waals surface area contributed by atoms with E-state index in [9.17, 15) is 4.79 Å². The van der Waals surface area contributed by atoms with Gasteiger partial charge in [0.15, 0.2) is 0 Å². The predicted octanol–water partition coefficient (Wildman–Crippen LogP) is 1.83. The van der Waals surface area contributed by atoms with E-state index in [1.165, 1.54) is 32.1 Å². The number of hydrazone groups is 1. The third kappa shape index (κ3) is 1.90. The molecule has 1 N–H and O–H groups in total. The van der Waals surface area contributed by atoms with Gasteiger partial charge in [-0.25, -0.2) is 5.43 Å². The number of fused-ring (bicyclic) bond motifs is 1. The first kappa shape index (κ1) is 8.73. The number of hydrogen-bond acceptors (Lipinski definition) is 2. The molecule has 1 atom stereocenters. The van der Waals surface area contributed by atoms with Crippen LogP contribution in [0.15, 0.2) is 5.10 Å². The van der Waals surface area contributed by atoms with Gasteiger partial charge < -0.3 is 0 Å². The van der Waals surface area contributed by atoms with Crippen molar-refractivity contribution in [2.45, 2.75) is 44.9 Å².